The summed E-state index contributed by atoms with van der Waals surface area (Å²) in [6.07, 6.45) is -0.379. The first kappa shape index (κ1) is 16.3. The lowest BCUT2D eigenvalue weighted by molar-refractivity contribution is -0.125. The van der Waals surface area contributed by atoms with Crippen LogP contribution in [0.2, 0.25) is 5.02 Å². The molecule has 1 N–H and O–H groups in total. The molecule has 3 rings (SSSR count). The number of anilines is 2. The molecule has 2 aromatic rings. The Bertz CT molecular complexity index is 778. The highest BCUT2D eigenvalue weighted by atomic mass is 35.5. The molecule has 0 fully saturated rings. The molecule has 0 aliphatic carbocycles. The summed E-state index contributed by atoms with van der Waals surface area (Å²) in [5, 5.41) is 3.33. The van der Waals surface area contributed by atoms with E-state index in [1.165, 1.54) is 0 Å². The fourth-order valence-corrected chi connectivity index (χ4v) is 2.78. The SMILES string of the molecule is CC1Oc2ccccc2N(CCC(=O)Nc2cccc(Cl)c2)C1=O. The van der Waals surface area contributed by atoms with Gasteiger partial charge in [0.2, 0.25) is 5.91 Å². The van der Waals surface area contributed by atoms with Crippen LogP contribution in [-0.2, 0) is 9.59 Å². The van der Waals surface area contributed by atoms with Gasteiger partial charge in [-0.1, -0.05) is 29.8 Å². The average molecular weight is 345 g/mol. The van der Waals surface area contributed by atoms with E-state index >= 15 is 0 Å². The molecule has 1 aliphatic heterocycles. The molecule has 1 unspecified atom stereocenters. The summed E-state index contributed by atoms with van der Waals surface area (Å²) in [5.41, 5.74) is 1.32. The van der Waals surface area contributed by atoms with Gasteiger partial charge in [0.1, 0.15) is 5.75 Å². The molecule has 0 saturated heterocycles. The summed E-state index contributed by atoms with van der Waals surface area (Å²) in [5.74, 6) is 0.325. The monoisotopic (exact) mass is 344 g/mol. The van der Waals surface area contributed by atoms with Gasteiger partial charge in [0.05, 0.1) is 5.69 Å². The molecule has 0 spiro atoms. The molecule has 2 aromatic carbocycles. The number of halogens is 1. The van der Waals surface area contributed by atoms with Crippen LogP contribution in [0.3, 0.4) is 0 Å². The second-order valence-corrected chi connectivity index (χ2v) is 5.96. The zero-order chi connectivity index (χ0) is 17.1. The Labute approximate surface area is 145 Å². The molecule has 0 saturated carbocycles. The maximum atomic E-state index is 12.4. The van der Waals surface area contributed by atoms with Gasteiger partial charge in [0, 0.05) is 23.7 Å². The third-order valence-corrected chi connectivity index (χ3v) is 3.98. The Balaban J connectivity index is 1.67. The minimum absolute atomic E-state index is 0.149. The van der Waals surface area contributed by atoms with Crippen molar-refractivity contribution in [3.63, 3.8) is 0 Å². The number of hydrogen-bond donors (Lipinski definition) is 1. The molecular formula is C18H17ClN2O3. The van der Waals surface area contributed by atoms with Crippen molar-refractivity contribution in [1.29, 1.82) is 0 Å². The van der Waals surface area contributed by atoms with Gasteiger partial charge in [-0.2, -0.15) is 0 Å². The third kappa shape index (κ3) is 3.51. The van der Waals surface area contributed by atoms with Crippen LogP contribution in [0.1, 0.15) is 13.3 Å². The number of carbonyl (C=O) groups is 2. The Morgan fingerprint density at radius 3 is 2.83 bits per heavy atom. The number of rotatable bonds is 4. The highest BCUT2D eigenvalue weighted by Gasteiger charge is 2.31. The number of ether oxygens (including phenoxy) is 1. The maximum Gasteiger partial charge on any atom is 0.267 e. The standard InChI is InChI=1S/C18H17ClN2O3/c1-12-18(23)21(15-7-2-3-8-16(15)24-12)10-9-17(22)20-14-6-4-5-13(19)11-14/h2-8,11-12H,9-10H2,1H3,(H,20,22). The summed E-state index contributed by atoms with van der Waals surface area (Å²) < 4.78 is 5.58. The molecule has 1 atom stereocenters. The van der Waals surface area contributed by atoms with E-state index in [-0.39, 0.29) is 24.8 Å². The van der Waals surface area contributed by atoms with Gasteiger partial charge < -0.3 is 15.0 Å². The minimum Gasteiger partial charge on any atom is -0.479 e. The molecule has 2 amide bonds. The molecule has 0 radical (unpaired) electrons. The van der Waals surface area contributed by atoms with Gasteiger partial charge in [-0.05, 0) is 37.3 Å². The number of amides is 2. The smallest absolute Gasteiger partial charge is 0.267 e. The number of para-hydroxylation sites is 2. The number of nitrogens with one attached hydrogen (secondary N) is 1. The second kappa shape index (κ2) is 6.93. The fourth-order valence-electron chi connectivity index (χ4n) is 2.59. The Kier molecular flexibility index (Phi) is 4.71. The summed E-state index contributed by atoms with van der Waals surface area (Å²) in [6.45, 7) is 1.99. The van der Waals surface area contributed by atoms with E-state index in [1.54, 1.807) is 36.1 Å². The van der Waals surface area contributed by atoms with Crippen LogP contribution in [0.15, 0.2) is 48.5 Å². The van der Waals surface area contributed by atoms with Crippen LogP contribution < -0.4 is 15.0 Å². The number of fused-ring (bicyclic) bond motifs is 1. The van der Waals surface area contributed by atoms with Crippen molar-refractivity contribution in [3.8, 4) is 5.75 Å². The lowest BCUT2D eigenvalue weighted by atomic mass is 10.1. The Morgan fingerprint density at radius 1 is 1.25 bits per heavy atom. The molecule has 5 nitrogen and oxygen atoms in total. The van der Waals surface area contributed by atoms with Crippen LogP contribution in [-0.4, -0.2) is 24.5 Å². The van der Waals surface area contributed by atoms with Gasteiger partial charge in [0.15, 0.2) is 6.10 Å². The maximum absolute atomic E-state index is 12.4. The summed E-state index contributed by atoms with van der Waals surface area (Å²) in [7, 11) is 0. The Hall–Kier alpha value is -2.53. The van der Waals surface area contributed by atoms with E-state index in [0.29, 0.717) is 22.1 Å². The van der Waals surface area contributed by atoms with E-state index in [4.69, 9.17) is 16.3 Å². The predicted octanol–water partition coefficient (Wildman–Crippen LogP) is 3.48. The van der Waals surface area contributed by atoms with E-state index in [9.17, 15) is 9.59 Å². The van der Waals surface area contributed by atoms with Crippen molar-refractivity contribution in [2.24, 2.45) is 0 Å². The molecule has 1 aliphatic rings. The number of carbonyl (C=O) groups excluding carboxylic acids is 2. The lowest BCUT2D eigenvalue weighted by Crippen LogP contribution is -2.45. The largest absolute Gasteiger partial charge is 0.479 e. The molecule has 1 heterocycles. The van der Waals surface area contributed by atoms with E-state index < -0.39 is 6.10 Å². The van der Waals surface area contributed by atoms with Crippen LogP contribution in [0.4, 0.5) is 11.4 Å². The van der Waals surface area contributed by atoms with Gasteiger partial charge in [0.25, 0.3) is 5.91 Å². The third-order valence-electron chi connectivity index (χ3n) is 3.74. The summed E-state index contributed by atoms with van der Waals surface area (Å²) >= 11 is 5.90. The van der Waals surface area contributed by atoms with E-state index in [1.807, 2.05) is 24.3 Å². The van der Waals surface area contributed by atoms with E-state index in [0.717, 1.165) is 0 Å². The van der Waals surface area contributed by atoms with Crippen molar-refractivity contribution in [1.82, 2.24) is 0 Å². The molecule has 0 bridgehead atoms. The zero-order valence-corrected chi connectivity index (χ0v) is 13.9. The normalized spacial score (nSPS) is 16.3. The van der Waals surface area contributed by atoms with Crippen LogP contribution in [0, 0.1) is 0 Å². The van der Waals surface area contributed by atoms with Crippen LogP contribution in [0.5, 0.6) is 5.75 Å². The lowest BCUT2D eigenvalue weighted by Gasteiger charge is -2.32. The Morgan fingerprint density at radius 2 is 2.04 bits per heavy atom. The molecular weight excluding hydrogens is 328 g/mol. The van der Waals surface area contributed by atoms with Gasteiger partial charge in [-0.25, -0.2) is 0 Å². The van der Waals surface area contributed by atoms with Crippen LogP contribution in [0.25, 0.3) is 0 Å². The van der Waals surface area contributed by atoms with E-state index in [2.05, 4.69) is 5.32 Å². The molecule has 0 aromatic heterocycles. The molecule has 6 heteroatoms. The summed E-state index contributed by atoms with van der Waals surface area (Å²) in [6, 6.07) is 14.3. The van der Waals surface area contributed by atoms with Gasteiger partial charge in [-0.15, -0.1) is 0 Å². The predicted molar refractivity (Wildman–Crippen MR) is 93.6 cm³/mol. The van der Waals surface area contributed by atoms with Crippen LogP contribution >= 0.6 is 11.6 Å². The van der Waals surface area contributed by atoms with Crippen molar-refractivity contribution in [2.45, 2.75) is 19.4 Å². The first-order valence-corrected chi connectivity index (χ1v) is 8.05. The number of benzene rings is 2. The zero-order valence-electron chi connectivity index (χ0n) is 13.2. The first-order valence-electron chi connectivity index (χ1n) is 7.67. The fraction of sp³-hybridized carbons (Fsp3) is 0.222. The quantitative estimate of drug-likeness (QED) is 0.923. The summed E-state index contributed by atoms with van der Waals surface area (Å²) in [4.78, 5) is 26.1. The number of nitrogens with zero attached hydrogens (tertiary/aromatic N) is 1. The minimum atomic E-state index is -0.559. The van der Waals surface area contributed by atoms with Gasteiger partial charge >= 0.3 is 0 Å². The van der Waals surface area contributed by atoms with Gasteiger partial charge in [-0.3, -0.25) is 9.59 Å². The highest BCUT2D eigenvalue weighted by Crippen LogP contribution is 2.33. The van der Waals surface area contributed by atoms with Crippen molar-refractivity contribution in [2.75, 3.05) is 16.8 Å². The van der Waals surface area contributed by atoms with Crippen molar-refractivity contribution in [3.05, 3.63) is 53.6 Å². The average Bonchev–Trinajstić information content (AvgIpc) is 2.55. The molecule has 124 valence electrons. The first-order chi connectivity index (χ1) is 11.5. The second-order valence-electron chi connectivity index (χ2n) is 5.53. The van der Waals surface area contributed by atoms with Crippen molar-refractivity contribution < 1.29 is 14.3 Å². The van der Waals surface area contributed by atoms with Crippen molar-refractivity contribution >= 4 is 34.8 Å². The molecule has 24 heavy (non-hydrogen) atoms. The topological polar surface area (TPSA) is 58.6 Å². The number of hydrogen-bond acceptors (Lipinski definition) is 3. The highest BCUT2D eigenvalue weighted by molar-refractivity contribution is 6.30.